The molecule has 0 aromatic heterocycles. The molecular formula is C10H17N2O2. The van der Waals surface area contributed by atoms with Crippen LogP contribution in [-0.2, 0) is 9.59 Å². The Morgan fingerprint density at radius 2 is 1.79 bits per heavy atom. The summed E-state index contributed by atoms with van der Waals surface area (Å²) in [5.41, 5.74) is 4.33. The monoisotopic (exact) mass is 197 g/mol. The van der Waals surface area contributed by atoms with Gasteiger partial charge in [0.15, 0.2) is 0 Å². The molecular weight excluding hydrogens is 180 g/mol. The van der Waals surface area contributed by atoms with Crippen molar-refractivity contribution in [2.24, 2.45) is 11.1 Å². The molecule has 0 aromatic carbocycles. The van der Waals surface area contributed by atoms with Crippen molar-refractivity contribution in [2.75, 3.05) is 13.1 Å². The SMILES string of the molecule is CC(C)([CH]C(=O)N1CCCC1)C(N)=O. The van der Waals surface area contributed by atoms with E-state index in [0.717, 1.165) is 25.9 Å². The molecule has 1 aliphatic rings. The Labute approximate surface area is 84.4 Å². The van der Waals surface area contributed by atoms with E-state index in [1.54, 1.807) is 18.7 Å². The van der Waals surface area contributed by atoms with Crippen LogP contribution < -0.4 is 5.73 Å². The highest BCUT2D eigenvalue weighted by Crippen LogP contribution is 2.21. The summed E-state index contributed by atoms with van der Waals surface area (Å²) < 4.78 is 0. The van der Waals surface area contributed by atoms with E-state index in [9.17, 15) is 9.59 Å². The van der Waals surface area contributed by atoms with Gasteiger partial charge in [-0.2, -0.15) is 0 Å². The van der Waals surface area contributed by atoms with Crippen molar-refractivity contribution in [3.8, 4) is 0 Å². The predicted molar refractivity (Wildman–Crippen MR) is 53.1 cm³/mol. The summed E-state index contributed by atoms with van der Waals surface area (Å²) in [6, 6.07) is 0. The maximum Gasteiger partial charge on any atom is 0.227 e. The number of hydrogen-bond acceptors (Lipinski definition) is 2. The Bertz CT molecular complexity index is 243. The van der Waals surface area contributed by atoms with E-state index in [1.165, 1.54) is 6.42 Å². The van der Waals surface area contributed by atoms with Gasteiger partial charge in [-0.15, -0.1) is 0 Å². The number of amides is 2. The van der Waals surface area contributed by atoms with Crippen molar-refractivity contribution >= 4 is 11.8 Å². The zero-order valence-corrected chi connectivity index (χ0v) is 8.75. The van der Waals surface area contributed by atoms with E-state index in [0.29, 0.717) is 0 Å². The van der Waals surface area contributed by atoms with Gasteiger partial charge in [0.1, 0.15) is 0 Å². The lowest BCUT2D eigenvalue weighted by molar-refractivity contribution is -0.132. The normalized spacial score (nSPS) is 17.1. The quantitative estimate of drug-likeness (QED) is 0.708. The third-order valence-corrected chi connectivity index (χ3v) is 2.54. The van der Waals surface area contributed by atoms with Gasteiger partial charge in [-0.3, -0.25) is 9.59 Å². The maximum absolute atomic E-state index is 11.6. The zero-order chi connectivity index (χ0) is 10.8. The minimum Gasteiger partial charge on any atom is -0.369 e. The summed E-state index contributed by atoms with van der Waals surface area (Å²) in [5.74, 6) is -0.545. The van der Waals surface area contributed by atoms with Gasteiger partial charge in [-0.05, 0) is 12.8 Å². The molecule has 1 radical (unpaired) electrons. The fourth-order valence-corrected chi connectivity index (χ4v) is 1.41. The minimum atomic E-state index is -0.848. The van der Waals surface area contributed by atoms with Crippen LogP contribution in [-0.4, -0.2) is 29.8 Å². The van der Waals surface area contributed by atoms with Gasteiger partial charge in [-0.1, -0.05) is 13.8 Å². The summed E-state index contributed by atoms with van der Waals surface area (Å²) in [7, 11) is 0. The average molecular weight is 197 g/mol. The minimum absolute atomic E-state index is 0.0775. The lowest BCUT2D eigenvalue weighted by Gasteiger charge is -2.23. The molecule has 1 aliphatic heterocycles. The highest BCUT2D eigenvalue weighted by atomic mass is 16.2. The summed E-state index contributed by atoms with van der Waals surface area (Å²) >= 11 is 0. The van der Waals surface area contributed by atoms with Crippen LogP contribution in [0, 0.1) is 11.8 Å². The first-order valence-electron chi connectivity index (χ1n) is 4.88. The number of primary amides is 1. The maximum atomic E-state index is 11.6. The van der Waals surface area contributed by atoms with Crippen LogP contribution in [0.2, 0.25) is 0 Å². The molecule has 79 valence electrons. The Kier molecular flexibility index (Phi) is 3.13. The Morgan fingerprint density at radius 3 is 2.21 bits per heavy atom. The standard InChI is InChI=1S/C10H17N2O2/c1-10(2,9(11)14)7-8(13)12-5-3-4-6-12/h7H,3-6H2,1-2H3,(H2,11,14). The van der Waals surface area contributed by atoms with Gasteiger partial charge in [0.05, 0.1) is 11.8 Å². The van der Waals surface area contributed by atoms with Crippen LogP contribution >= 0.6 is 0 Å². The van der Waals surface area contributed by atoms with Gasteiger partial charge in [-0.25, -0.2) is 0 Å². The smallest absolute Gasteiger partial charge is 0.227 e. The number of carbonyl (C=O) groups is 2. The molecule has 4 nitrogen and oxygen atoms in total. The Morgan fingerprint density at radius 1 is 1.29 bits per heavy atom. The lowest BCUT2D eigenvalue weighted by Crippen LogP contribution is -2.39. The first-order valence-corrected chi connectivity index (χ1v) is 4.88. The van der Waals surface area contributed by atoms with Crippen LogP contribution in [0.15, 0.2) is 0 Å². The lowest BCUT2D eigenvalue weighted by atomic mass is 9.88. The number of hydrogen-bond donors (Lipinski definition) is 1. The first kappa shape index (κ1) is 11.0. The fraction of sp³-hybridized carbons (Fsp3) is 0.700. The van der Waals surface area contributed by atoms with Gasteiger partial charge in [0.25, 0.3) is 0 Å². The van der Waals surface area contributed by atoms with Crippen LogP contribution in [0.1, 0.15) is 26.7 Å². The molecule has 14 heavy (non-hydrogen) atoms. The van der Waals surface area contributed by atoms with E-state index in [1.807, 2.05) is 0 Å². The number of nitrogens with two attached hydrogens (primary N) is 1. The number of carbonyl (C=O) groups excluding carboxylic acids is 2. The number of likely N-dealkylation sites (tertiary alicyclic amines) is 1. The third-order valence-electron chi connectivity index (χ3n) is 2.54. The molecule has 4 heteroatoms. The van der Waals surface area contributed by atoms with E-state index < -0.39 is 11.3 Å². The molecule has 0 spiro atoms. The molecule has 0 saturated carbocycles. The highest BCUT2D eigenvalue weighted by Gasteiger charge is 2.31. The van der Waals surface area contributed by atoms with Crippen molar-refractivity contribution in [1.82, 2.24) is 4.90 Å². The van der Waals surface area contributed by atoms with E-state index >= 15 is 0 Å². The number of rotatable bonds is 3. The second kappa shape index (κ2) is 3.98. The van der Waals surface area contributed by atoms with E-state index in [2.05, 4.69) is 0 Å². The average Bonchev–Trinajstić information content (AvgIpc) is 2.54. The molecule has 1 saturated heterocycles. The molecule has 0 bridgehead atoms. The van der Waals surface area contributed by atoms with E-state index in [4.69, 9.17) is 5.73 Å². The van der Waals surface area contributed by atoms with Crippen LogP contribution in [0.5, 0.6) is 0 Å². The topological polar surface area (TPSA) is 63.4 Å². The summed E-state index contributed by atoms with van der Waals surface area (Å²) in [4.78, 5) is 24.4. The van der Waals surface area contributed by atoms with Crippen LogP contribution in [0.4, 0.5) is 0 Å². The Hall–Kier alpha value is -1.06. The Balaban J connectivity index is 2.51. The van der Waals surface area contributed by atoms with Crippen molar-refractivity contribution in [2.45, 2.75) is 26.7 Å². The molecule has 0 aromatic rings. The summed E-state index contributed by atoms with van der Waals surface area (Å²) in [6.07, 6.45) is 3.52. The first-order chi connectivity index (χ1) is 6.43. The fourth-order valence-electron chi connectivity index (χ4n) is 1.41. The number of nitrogens with zero attached hydrogens (tertiary/aromatic N) is 1. The van der Waals surface area contributed by atoms with Crippen molar-refractivity contribution in [3.63, 3.8) is 0 Å². The van der Waals surface area contributed by atoms with E-state index in [-0.39, 0.29) is 5.91 Å². The molecule has 1 heterocycles. The van der Waals surface area contributed by atoms with Gasteiger partial charge < -0.3 is 10.6 Å². The van der Waals surface area contributed by atoms with Crippen LogP contribution in [0.3, 0.4) is 0 Å². The van der Waals surface area contributed by atoms with Crippen molar-refractivity contribution < 1.29 is 9.59 Å². The molecule has 2 N–H and O–H groups in total. The summed E-state index contributed by atoms with van der Waals surface area (Å²) in [6.45, 7) is 4.90. The second-order valence-electron chi connectivity index (χ2n) is 4.26. The van der Waals surface area contributed by atoms with Gasteiger partial charge in [0.2, 0.25) is 11.8 Å². The molecule has 2 amide bonds. The van der Waals surface area contributed by atoms with Crippen molar-refractivity contribution in [3.05, 3.63) is 6.42 Å². The van der Waals surface area contributed by atoms with Gasteiger partial charge in [0, 0.05) is 13.1 Å². The molecule has 1 fully saturated rings. The highest BCUT2D eigenvalue weighted by molar-refractivity contribution is 5.94. The van der Waals surface area contributed by atoms with Crippen LogP contribution in [0.25, 0.3) is 0 Å². The third kappa shape index (κ3) is 2.47. The predicted octanol–water partition coefficient (Wildman–Crippen LogP) is 0.325. The molecule has 0 unspecified atom stereocenters. The van der Waals surface area contributed by atoms with Crippen molar-refractivity contribution in [1.29, 1.82) is 0 Å². The zero-order valence-electron chi connectivity index (χ0n) is 8.75. The summed E-state index contributed by atoms with van der Waals surface area (Å²) in [5, 5.41) is 0. The second-order valence-corrected chi connectivity index (χ2v) is 4.26. The molecule has 1 rings (SSSR count). The molecule has 0 aliphatic carbocycles. The largest absolute Gasteiger partial charge is 0.369 e. The van der Waals surface area contributed by atoms with Gasteiger partial charge >= 0.3 is 0 Å². The molecule has 0 atom stereocenters.